The maximum absolute atomic E-state index is 5.34. The van der Waals surface area contributed by atoms with Crippen LogP contribution in [-0.4, -0.2) is 75.5 Å². The Morgan fingerprint density at radius 2 is 0.667 bits per heavy atom. The quantitative estimate of drug-likeness (QED) is 0.0788. The molecule has 0 unspecified atom stereocenters. The molecule has 0 rings (SSSR count). The molecule has 0 amide bonds. The lowest BCUT2D eigenvalue weighted by molar-refractivity contribution is -0.906. The van der Waals surface area contributed by atoms with E-state index in [1.165, 1.54) is 112 Å². The summed E-state index contributed by atoms with van der Waals surface area (Å²) >= 11 is 0. The fourth-order valence-electron chi connectivity index (χ4n) is 3.92. The van der Waals surface area contributed by atoms with Gasteiger partial charge in [-0.25, -0.2) is 9.78 Å². The van der Waals surface area contributed by atoms with Crippen molar-refractivity contribution in [1.29, 1.82) is 0 Å². The minimum atomic E-state index is 0.756. The van der Waals surface area contributed by atoms with E-state index in [0.29, 0.717) is 0 Å². The van der Waals surface area contributed by atoms with E-state index >= 15 is 0 Å². The number of hydrogen-bond acceptors (Lipinski definition) is 2. The lowest BCUT2D eigenvalue weighted by Gasteiger charge is -2.32. The molecule has 0 atom stereocenters. The highest BCUT2D eigenvalue weighted by atomic mass is 17.2. The van der Waals surface area contributed by atoms with Crippen LogP contribution in [-0.2, 0) is 9.78 Å². The Bertz CT molecular complexity index is 321. The molecule has 0 radical (unpaired) electrons. The SMILES string of the molecule is CC[N+](C)(CC)CCCCCCCCOOCCCCCCCC[N+](C)(CC)CC. The Hall–Kier alpha value is -0.160. The second-order valence-electron chi connectivity index (χ2n) is 9.84. The van der Waals surface area contributed by atoms with Crippen LogP contribution in [0.25, 0.3) is 0 Å². The molecule has 0 spiro atoms. The maximum Gasteiger partial charge on any atom is 0.0822 e. The van der Waals surface area contributed by atoms with Gasteiger partial charge in [0.05, 0.1) is 66.6 Å². The molecule has 0 fully saturated rings. The Morgan fingerprint density at radius 3 is 0.967 bits per heavy atom. The van der Waals surface area contributed by atoms with Crippen LogP contribution >= 0.6 is 0 Å². The number of rotatable bonds is 23. The van der Waals surface area contributed by atoms with Crippen molar-refractivity contribution in [2.75, 3.05) is 66.6 Å². The maximum atomic E-state index is 5.34. The van der Waals surface area contributed by atoms with Crippen molar-refractivity contribution in [3.05, 3.63) is 0 Å². The summed E-state index contributed by atoms with van der Waals surface area (Å²) in [5, 5.41) is 0. The first kappa shape index (κ1) is 29.8. The zero-order valence-electron chi connectivity index (χ0n) is 21.9. The zero-order valence-corrected chi connectivity index (χ0v) is 21.9. The summed E-state index contributed by atoms with van der Waals surface area (Å²) in [6, 6.07) is 0. The highest BCUT2D eigenvalue weighted by Crippen LogP contribution is 2.11. The Labute approximate surface area is 190 Å². The summed E-state index contributed by atoms with van der Waals surface area (Å²) in [6.45, 7) is 18.4. The first-order chi connectivity index (χ1) is 14.4. The Kier molecular flexibility index (Phi) is 19.4. The van der Waals surface area contributed by atoms with Gasteiger partial charge in [0.2, 0.25) is 0 Å². The van der Waals surface area contributed by atoms with Crippen LogP contribution in [0.4, 0.5) is 0 Å². The molecule has 0 aliphatic heterocycles. The van der Waals surface area contributed by atoms with Gasteiger partial charge in [-0.05, 0) is 66.2 Å². The molecule has 30 heavy (non-hydrogen) atoms. The molecular formula is C26H58N2O2+2. The summed E-state index contributed by atoms with van der Waals surface area (Å²) in [5.74, 6) is 0. The van der Waals surface area contributed by atoms with E-state index in [1.54, 1.807) is 0 Å². The van der Waals surface area contributed by atoms with E-state index in [2.05, 4.69) is 41.8 Å². The van der Waals surface area contributed by atoms with Gasteiger partial charge in [0.1, 0.15) is 0 Å². The van der Waals surface area contributed by atoms with Crippen LogP contribution in [0.3, 0.4) is 0 Å². The third-order valence-electron chi connectivity index (χ3n) is 7.49. The first-order valence-corrected chi connectivity index (χ1v) is 13.4. The van der Waals surface area contributed by atoms with Crippen molar-refractivity contribution < 1.29 is 18.7 Å². The van der Waals surface area contributed by atoms with Crippen molar-refractivity contribution in [1.82, 2.24) is 0 Å². The summed E-state index contributed by atoms with van der Waals surface area (Å²) in [5.41, 5.74) is 0. The number of hydrogen-bond donors (Lipinski definition) is 0. The topological polar surface area (TPSA) is 18.5 Å². The van der Waals surface area contributed by atoms with Crippen molar-refractivity contribution in [3.8, 4) is 0 Å². The zero-order chi connectivity index (χ0) is 22.6. The number of nitrogens with zero attached hydrogens (tertiary/aromatic N) is 2. The van der Waals surface area contributed by atoms with E-state index in [4.69, 9.17) is 9.78 Å². The minimum Gasteiger partial charge on any atom is -0.327 e. The molecule has 0 bridgehead atoms. The van der Waals surface area contributed by atoms with E-state index in [-0.39, 0.29) is 0 Å². The van der Waals surface area contributed by atoms with Gasteiger partial charge >= 0.3 is 0 Å². The fourth-order valence-corrected chi connectivity index (χ4v) is 3.92. The summed E-state index contributed by atoms with van der Waals surface area (Å²) in [6.07, 6.45) is 15.7. The van der Waals surface area contributed by atoms with Gasteiger partial charge in [0.15, 0.2) is 0 Å². The second-order valence-corrected chi connectivity index (χ2v) is 9.84. The van der Waals surface area contributed by atoms with Gasteiger partial charge in [-0.3, -0.25) is 0 Å². The molecule has 4 nitrogen and oxygen atoms in total. The normalized spacial score (nSPS) is 12.6. The average molecular weight is 431 g/mol. The van der Waals surface area contributed by atoms with E-state index < -0.39 is 0 Å². The molecule has 0 aromatic carbocycles. The molecule has 0 saturated carbocycles. The Balaban J connectivity index is 3.23. The van der Waals surface area contributed by atoms with Crippen LogP contribution in [0.2, 0.25) is 0 Å². The van der Waals surface area contributed by atoms with E-state index in [0.717, 1.165) is 26.1 Å². The summed E-state index contributed by atoms with van der Waals surface area (Å²) in [7, 11) is 4.76. The van der Waals surface area contributed by atoms with Crippen LogP contribution in [0.15, 0.2) is 0 Å². The van der Waals surface area contributed by atoms with Crippen molar-refractivity contribution in [2.45, 2.75) is 105 Å². The molecule has 182 valence electrons. The predicted molar refractivity (Wildman–Crippen MR) is 132 cm³/mol. The largest absolute Gasteiger partial charge is 0.327 e. The fraction of sp³-hybridized carbons (Fsp3) is 1.00. The van der Waals surface area contributed by atoms with E-state index in [1.807, 2.05) is 0 Å². The lowest BCUT2D eigenvalue weighted by atomic mass is 10.1. The average Bonchev–Trinajstić information content (AvgIpc) is 2.77. The van der Waals surface area contributed by atoms with Crippen molar-refractivity contribution >= 4 is 0 Å². The van der Waals surface area contributed by atoms with Gasteiger partial charge < -0.3 is 8.97 Å². The lowest BCUT2D eigenvalue weighted by Crippen LogP contribution is -2.44. The molecule has 0 aliphatic carbocycles. The monoisotopic (exact) mass is 430 g/mol. The third-order valence-corrected chi connectivity index (χ3v) is 7.49. The van der Waals surface area contributed by atoms with Gasteiger partial charge in [0, 0.05) is 0 Å². The van der Waals surface area contributed by atoms with Crippen LogP contribution in [0.5, 0.6) is 0 Å². The molecular weight excluding hydrogens is 372 g/mol. The van der Waals surface area contributed by atoms with Crippen LogP contribution < -0.4 is 0 Å². The molecule has 0 heterocycles. The van der Waals surface area contributed by atoms with Gasteiger partial charge in [-0.2, -0.15) is 0 Å². The molecule has 0 saturated heterocycles. The number of quaternary nitrogens is 2. The minimum absolute atomic E-state index is 0.756. The summed E-state index contributed by atoms with van der Waals surface area (Å²) in [4.78, 5) is 10.7. The van der Waals surface area contributed by atoms with Crippen molar-refractivity contribution in [3.63, 3.8) is 0 Å². The van der Waals surface area contributed by atoms with Gasteiger partial charge in [-0.15, -0.1) is 0 Å². The smallest absolute Gasteiger partial charge is 0.0822 e. The second kappa shape index (κ2) is 19.5. The highest BCUT2D eigenvalue weighted by molar-refractivity contribution is 4.47. The van der Waals surface area contributed by atoms with Gasteiger partial charge in [-0.1, -0.05) is 38.5 Å². The Morgan fingerprint density at radius 1 is 0.400 bits per heavy atom. The summed E-state index contributed by atoms with van der Waals surface area (Å²) < 4.78 is 2.45. The molecule has 4 heteroatoms. The molecule has 0 N–H and O–H groups in total. The number of unbranched alkanes of at least 4 members (excludes halogenated alkanes) is 10. The third kappa shape index (κ3) is 16.5. The molecule has 0 aromatic rings. The van der Waals surface area contributed by atoms with Crippen LogP contribution in [0, 0.1) is 0 Å². The highest BCUT2D eigenvalue weighted by Gasteiger charge is 2.15. The first-order valence-electron chi connectivity index (χ1n) is 13.4. The van der Waals surface area contributed by atoms with E-state index in [9.17, 15) is 0 Å². The molecule has 0 aliphatic rings. The molecule has 0 aromatic heterocycles. The standard InChI is InChI=1S/C26H58N2O2/c1-7-27(5,8-2)23-19-15-11-13-17-21-25-29-30-26-22-18-14-12-16-20-24-28(6,9-3)10-4/h7-26H2,1-6H3/q+2. The van der Waals surface area contributed by atoms with Crippen LogP contribution in [0.1, 0.15) is 105 Å². The van der Waals surface area contributed by atoms with Crippen molar-refractivity contribution in [2.24, 2.45) is 0 Å². The van der Waals surface area contributed by atoms with Gasteiger partial charge in [0.25, 0.3) is 0 Å². The predicted octanol–water partition coefficient (Wildman–Crippen LogP) is 6.59.